The van der Waals surface area contributed by atoms with Gasteiger partial charge in [-0.25, -0.2) is 0 Å². The van der Waals surface area contributed by atoms with E-state index in [0.29, 0.717) is 17.9 Å². The highest BCUT2D eigenvalue weighted by Gasteiger charge is 2.32. The highest BCUT2D eigenvalue weighted by Crippen LogP contribution is 2.39. The third-order valence-corrected chi connectivity index (χ3v) is 5.33. The summed E-state index contributed by atoms with van der Waals surface area (Å²) in [4.78, 5) is 4.34. The molecular weight excluding hydrogens is 391 g/mol. The van der Waals surface area contributed by atoms with Gasteiger partial charge in [-0.3, -0.25) is 4.98 Å². The molecule has 0 aliphatic heterocycles. The molecule has 0 saturated heterocycles. The van der Waals surface area contributed by atoms with Gasteiger partial charge in [0, 0.05) is 23.6 Å². The molecule has 1 unspecified atom stereocenters. The molecule has 0 spiro atoms. The minimum atomic E-state index is -4.17. The topological polar surface area (TPSA) is 42.4 Å². The number of benzene rings is 2. The second-order valence-corrected chi connectivity index (χ2v) is 8.21. The molecule has 1 N–H and O–H groups in total. The Kier molecular flexibility index (Phi) is 6.66. The Hall–Kier alpha value is -2.60. The summed E-state index contributed by atoms with van der Waals surface area (Å²) in [6.45, 7) is 3.91. The normalized spacial score (nSPS) is 13.4. The number of ether oxygens (including phenoxy) is 1. The summed E-state index contributed by atoms with van der Waals surface area (Å²) in [6, 6.07) is 16.8. The van der Waals surface area contributed by atoms with Gasteiger partial charge in [-0.1, -0.05) is 44.2 Å². The van der Waals surface area contributed by atoms with Crippen molar-refractivity contribution in [1.82, 2.24) is 4.98 Å². The predicted octanol–water partition coefficient (Wildman–Crippen LogP) is 6.61. The molecule has 6 heteroatoms. The Bertz CT molecular complexity index is 980. The number of rotatable bonds is 8. The minimum Gasteiger partial charge on any atom is -0.489 e. The lowest BCUT2D eigenvalue weighted by Crippen LogP contribution is -2.23. The molecule has 1 atom stereocenters. The second-order valence-electron chi connectivity index (χ2n) is 8.21. The van der Waals surface area contributed by atoms with E-state index in [0.717, 1.165) is 16.5 Å². The molecule has 0 amide bonds. The van der Waals surface area contributed by atoms with Crippen LogP contribution in [-0.4, -0.2) is 16.3 Å². The van der Waals surface area contributed by atoms with Crippen LogP contribution in [0.4, 0.5) is 13.2 Å². The lowest BCUT2D eigenvalue weighted by Gasteiger charge is -2.31. The van der Waals surface area contributed by atoms with Gasteiger partial charge in [-0.05, 0) is 48.1 Å². The largest absolute Gasteiger partial charge is 0.489 e. The summed E-state index contributed by atoms with van der Waals surface area (Å²) < 4.78 is 43.3. The van der Waals surface area contributed by atoms with Gasteiger partial charge in [0.15, 0.2) is 0 Å². The van der Waals surface area contributed by atoms with E-state index < -0.39 is 24.1 Å². The van der Waals surface area contributed by atoms with Crippen molar-refractivity contribution in [2.75, 3.05) is 0 Å². The minimum absolute atomic E-state index is 0.0150. The number of pyridine rings is 1. The van der Waals surface area contributed by atoms with E-state index >= 15 is 0 Å². The second kappa shape index (κ2) is 9.04. The first kappa shape index (κ1) is 22.1. The fraction of sp³-hybridized carbons (Fsp3) is 0.375. The van der Waals surface area contributed by atoms with Crippen LogP contribution in [-0.2, 0) is 6.61 Å². The van der Waals surface area contributed by atoms with Gasteiger partial charge in [0.1, 0.15) is 12.4 Å². The van der Waals surface area contributed by atoms with Crippen molar-refractivity contribution in [3.05, 3.63) is 71.9 Å². The molecule has 3 nitrogen and oxygen atoms in total. The summed E-state index contributed by atoms with van der Waals surface area (Å²) in [5, 5.41) is 11.8. The van der Waals surface area contributed by atoms with Crippen LogP contribution in [0.2, 0.25) is 0 Å². The van der Waals surface area contributed by atoms with Gasteiger partial charge in [0.25, 0.3) is 0 Å². The van der Waals surface area contributed by atoms with Crippen molar-refractivity contribution in [2.45, 2.75) is 52.0 Å². The number of hydrogen-bond donors (Lipinski definition) is 1. The average Bonchev–Trinajstić information content (AvgIpc) is 2.70. The molecule has 1 aromatic heterocycles. The molecule has 0 aliphatic rings. The molecule has 1 heterocycles. The number of aliphatic hydroxyl groups is 1. The Labute approximate surface area is 174 Å². The number of fused-ring (bicyclic) bond motifs is 1. The van der Waals surface area contributed by atoms with E-state index in [2.05, 4.69) is 4.98 Å². The van der Waals surface area contributed by atoms with Crippen molar-refractivity contribution in [2.24, 2.45) is 5.41 Å². The first-order valence-corrected chi connectivity index (χ1v) is 9.96. The molecule has 0 bridgehead atoms. The zero-order valence-corrected chi connectivity index (χ0v) is 17.1. The van der Waals surface area contributed by atoms with Crippen LogP contribution >= 0.6 is 0 Å². The van der Waals surface area contributed by atoms with Crippen molar-refractivity contribution in [1.29, 1.82) is 0 Å². The van der Waals surface area contributed by atoms with Crippen molar-refractivity contribution in [3.8, 4) is 5.75 Å². The summed E-state index contributed by atoms with van der Waals surface area (Å²) in [6.07, 6.45) is -3.92. The van der Waals surface area contributed by atoms with E-state index in [1.807, 2.05) is 30.3 Å². The maximum atomic E-state index is 12.4. The zero-order chi connectivity index (χ0) is 21.8. The lowest BCUT2D eigenvalue weighted by molar-refractivity contribution is -0.137. The summed E-state index contributed by atoms with van der Waals surface area (Å²) in [7, 11) is 0. The highest BCUT2D eigenvalue weighted by molar-refractivity contribution is 5.81. The zero-order valence-electron chi connectivity index (χ0n) is 17.1. The third-order valence-electron chi connectivity index (χ3n) is 5.33. The van der Waals surface area contributed by atoms with Gasteiger partial charge in [0.05, 0.1) is 11.6 Å². The van der Waals surface area contributed by atoms with Crippen molar-refractivity contribution >= 4 is 10.9 Å². The molecular formula is C24H26F3NO2. The van der Waals surface area contributed by atoms with E-state index in [9.17, 15) is 18.3 Å². The smallest absolute Gasteiger partial charge is 0.389 e. The van der Waals surface area contributed by atoms with Crippen molar-refractivity contribution < 1.29 is 23.0 Å². The molecule has 0 aliphatic carbocycles. The Morgan fingerprint density at radius 1 is 1.00 bits per heavy atom. The van der Waals surface area contributed by atoms with E-state index in [1.165, 1.54) is 0 Å². The predicted molar refractivity (Wildman–Crippen MR) is 111 cm³/mol. The Morgan fingerprint density at radius 3 is 2.53 bits per heavy atom. The summed E-state index contributed by atoms with van der Waals surface area (Å²) in [5.74, 6) is 0.596. The number of para-hydroxylation sites is 1. The highest BCUT2D eigenvalue weighted by atomic mass is 19.4. The number of nitrogens with zero attached hydrogens (tertiary/aromatic N) is 1. The average molecular weight is 417 g/mol. The van der Waals surface area contributed by atoms with Crippen LogP contribution in [0.1, 0.15) is 50.3 Å². The van der Waals surface area contributed by atoms with Gasteiger partial charge in [0.2, 0.25) is 0 Å². The van der Waals surface area contributed by atoms with Gasteiger partial charge in [-0.15, -0.1) is 0 Å². The van der Waals surface area contributed by atoms with E-state index in [-0.39, 0.29) is 12.8 Å². The van der Waals surface area contributed by atoms with Gasteiger partial charge in [-0.2, -0.15) is 13.2 Å². The Morgan fingerprint density at radius 2 is 1.77 bits per heavy atom. The summed E-state index contributed by atoms with van der Waals surface area (Å²) >= 11 is 0. The van der Waals surface area contributed by atoms with Gasteiger partial charge >= 0.3 is 6.18 Å². The maximum absolute atomic E-state index is 12.4. The first-order valence-electron chi connectivity index (χ1n) is 9.96. The van der Waals surface area contributed by atoms with Crippen LogP contribution in [0.5, 0.6) is 5.75 Å². The quantitative estimate of drug-likeness (QED) is 0.449. The molecule has 2 aromatic carbocycles. The third kappa shape index (κ3) is 5.72. The molecule has 3 rings (SSSR count). The number of aromatic nitrogens is 1. The van der Waals surface area contributed by atoms with Crippen LogP contribution in [0, 0.1) is 5.41 Å². The standard InChI is InChI=1S/C24H26F3NO2/c1-23(2,12-6-13-24(25,26)27)22(29)17-7-5-8-19(15-17)30-16-18-11-14-28-21-10-4-3-9-20(18)21/h3-5,7-11,14-15,22,29H,6,12-13,16H2,1-2H3. The van der Waals surface area contributed by atoms with Crippen LogP contribution in [0.3, 0.4) is 0 Å². The van der Waals surface area contributed by atoms with Crippen LogP contribution in [0.15, 0.2) is 60.8 Å². The lowest BCUT2D eigenvalue weighted by atomic mass is 9.78. The fourth-order valence-electron chi connectivity index (χ4n) is 3.55. The number of halogens is 3. The van der Waals surface area contributed by atoms with E-state index in [1.54, 1.807) is 44.3 Å². The molecule has 0 radical (unpaired) electrons. The number of aliphatic hydroxyl groups excluding tert-OH is 1. The van der Waals surface area contributed by atoms with Crippen LogP contribution < -0.4 is 4.74 Å². The van der Waals surface area contributed by atoms with Gasteiger partial charge < -0.3 is 9.84 Å². The van der Waals surface area contributed by atoms with Crippen LogP contribution in [0.25, 0.3) is 10.9 Å². The number of hydrogen-bond acceptors (Lipinski definition) is 3. The maximum Gasteiger partial charge on any atom is 0.389 e. The monoisotopic (exact) mass is 417 g/mol. The fourth-order valence-corrected chi connectivity index (χ4v) is 3.55. The molecule has 160 valence electrons. The molecule has 3 aromatic rings. The summed E-state index contributed by atoms with van der Waals surface area (Å²) in [5.41, 5.74) is 1.83. The molecule has 0 fully saturated rings. The molecule has 30 heavy (non-hydrogen) atoms. The SMILES string of the molecule is CC(C)(CCCC(F)(F)F)C(O)c1cccc(OCc2ccnc3ccccc23)c1. The van der Waals surface area contributed by atoms with E-state index in [4.69, 9.17) is 4.74 Å². The Balaban J connectivity index is 1.68. The van der Waals surface area contributed by atoms with Crippen molar-refractivity contribution in [3.63, 3.8) is 0 Å². The first-order chi connectivity index (χ1) is 14.2. The number of alkyl halides is 3. The molecule has 0 saturated carbocycles.